The number of aryl methyl sites for hydroxylation is 1. The van der Waals surface area contributed by atoms with Gasteiger partial charge >= 0.3 is 0 Å². The van der Waals surface area contributed by atoms with Gasteiger partial charge in [0.2, 0.25) is 11.8 Å². The number of piperazine rings is 1. The van der Waals surface area contributed by atoms with E-state index in [1.807, 2.05) is 25.7 Å². The van der Waals surface area contributed by atoms with Crippen LogP contribution in [0.5, 0.6) is 0 Å². The zero-order valence-electron chi connectivity index (χ0n) is 13.2. The van der Waals surface area contributed by atoms with Gasteiger partial charge in [-0.2, -0.15) is 4.98 Å². The molecular weight excluding hydrogens is 329 g/mol. The number of aromatic nitrogens is 2. The fourth-order valence-corrected chi connectivity index (χ4v) is 2.40. The van der Waals surface area contributed by atoms with Crippen molar-refractivity contribution < 1.29 is 9.32 Å². The van der Waals surface area contributed by atoms with E-state index in [-0.39, 0.29) is 42.8 Å². The van der Waals surface area contributed by atoms with Crippen molar-refractivity contribution in [1.82, 2.24) is 19.9 Å². The number of nitrogens with zero attached hydrogens (tertiary/aromatic N) is 4. The molecule has 0 spiro atoms. The summed E-state index contributed by atoms with van der Waals surface area (Å²) in [7, 11) is 0. The third-order valence-electron chi connectivity index (χ3n) is 3.61. The fourth-order valence-electron chi connectivity index (χ4n) is 2.40. The molecule has 22 heavy (non-hydrogen) atoms. The normalized spacial score (nSPS) is 18.1. The van der Waals surface area contributed by atoms with E-state index in [1.54, 1.807) is 0 Å². The number of nitrogens with two attached hydrogens (primary N) is 1. The number of hydrogen-bond donors (Lipinski definition) is 1. The van der Waals surface area contributed by atoms with Crippen LogP contribution in [0.15, 0.2) is 4.52 Å². The van der Waals surface area contributed by atoms with Crippen molar-refractivity contribution in [3.05, 3.63) is 11.7 Å². The Hall–Kier alpha value is -0.890. The van der Waals surface area contributed by atoms with Gasteiger partial charge in [0.05, 0.1) is 6.04 Å². The van der Waals surface area contributed by atoms with Gasteiger partial charge in [-0.1, -0.05) is 5.16 Å². The van der Waals surface area contributed by atoms with Crippen LogP contribution >= 0.6 is 24.8 Å². The van der Waals surface area contributed by atoms with E-state index in [1.165, 1.54) is 0 Å². The van der Waals surface area contributed by atoms with Crippen molar-refractivity contribution in [3.63, 3.8) is 0 Å². The molecule has 9 heteroatoms. The van der Waals surface area contributed by atoms with Crippen molar-refractivity contribution in [2.24, 2.45) is 5.73 Å². The maximum absolute atomic E-state index is 11.9. The van der Waals surface area contributed by atoms with E-state index in [9.17, 15) is 4.79 Å². The summed E-state index contributed by atoms with van der Waals surface area (Å²) >= 11 is 0. The van der Waals surface area contributed by atoms with Crippen LogP contribution in [0.2, 0.25) is 0 Å². The lowest BCUT2D eigenvalue weighted by Gasteiger charge is -2.37. The summed E-state index contributed by atoms with van der Waals surface area (Å²) < 4.78 is 5.21. The van der Waals surface area contributed by atoms with Crippen molar-refractivity contribution in [2.45, 2.75) is 39.3 Å². The van der Waals surface area contributed by atoms with Gasteiger partial charge in [-0.25, -0.2) is 0 Å². The molecule has 0 radical (unpaired) electrons. The summed E-state index contributed by atoms with van der Waals surface area (Å²) in [6.07, 6.45) is 0.415. The maximum Gasteiger partial charge on any atom is 0.243 e. The smallest absolute Gasteiger partial charge is 0.243 e. The number of halogens is 2. The highest BCUT2D eigenvalue weighted by Crippen LogP contribution is 2.20. The second kappa shape index (κ2) is 9.29. The number of carbonyl (C=O) groups excluding carboxylic acids is 1. The number of rotatable bonds is 4. The molecule has 0 aromatic carbocycles. The molecule has 0 bridgehead atoms. The number of amides is 1. The highest BCUT2D eigenvalue weighted by atomic mass is 35.5. The minimum Gasteiger partial charge on any atom is -0.340 e. The topological polar surface area (TPSA) is 88.5 Å². The molecule has 0 aliphatic carbocycles. The SMILES string of the molecule is Cc1noc(C(C)N2CCN(C(=O)CC(C)N)CC2)n1.Cl.Cl. The Morgan fingerprint density at radius 2 is 1.86 bits per heavy atom. The predicted octanol–water partition coefficient (Wildman–Crippen LogP) is 1.16. The van der Waals surface area contributed by atoms with E-state index >= 15 is 0 Å². The summed E-state index contributed by atoms with van der Waals surface area (Å²) in [6, 6.07) is 0.00251. The van der Waals surface area contributed by atoms with Crippen molar-refractivity contribution in [2.75, 3.05) is 26.2 Å². The minimum atomic E-state index is -0.0826. The van der Waals surface area contributed by atoms with Gasteiger partial charge in [-0.05, 0) is 20.8 Å². The van der Waals surface area contributed by atoms with E-state index in [0.717, 1.165) is 26.2 Å². The van der Waals surface area contributed by atoms with Gasteiger partial charge in [-0.15, -0.1) is 24.8 Å². The van der Waals surface area contributed by atoms with Crippen molar-refractivity contribution in [1.29, 1.82) is 0 Å². The Bertz CT molecular complexity index is 461. The molecular formula is C13H25Cl2N5O2. The molecule has 2 rings (SSSR count). The monoisotopic (exact) mass is 353 g/mol. The van der Waals surface area contributed by atoms with Gasteiger partial charge in [0.25, 0.3) is 0 Å². The molecule has 1 aromatic rings. The summed E-state index contributed by atoms with van der Waals surface area (Å²) in [6.45, 7) is 8.79. The Labute approximate surface area is 143 Å². The molecule has 2 atom stereocenters. The van der Waals surface area contributed by atoms with Crippen LogP contribution in [0.25, 0.3) is 0 Å². The molecule has 1 amide bonds. The Morgan fingerprint density at radius 3 is 2.32 bits per heavy atom. The number of hydrogen-bond acceptors (Lipinski definition) is 6. The summed E-state index contributed by atoms with van der Waals surface area (Å²) in [4.78, 5) is 20.3. The summed E-state index contributed by atoms with van der Waals surface area (Å²) in [5, 5.41) is 3.82. The van der Waals surface area contributed by atoms with Gasteiger partial charge in [0, 0.05) is 38.6 Å². The molecule has 0 saturated carbocycles. The standard InChI is InChI=1S/C13H23N5O2.2ClH/c1-9(14)8-12(19)18-6-4-17(5-7-18)10(2)13-15-11(3)16-20-13;;/h9-10H,4-8,14H2,1-3H3;2*1H. The summed E-state index contributed by atoms with van der Waals surface area (Å²) in [5.74, 6) is 1.43. The third kappa shape index (κ3) is 5.39. The highest BCUT2D eigenvalue weighted by molar-refractivity contribution is 5.85. The quantitative estimate of drug-likeness (QED) is 0.873. The van der Waals surface area contributed by atoms with Crippen LogP contribution in [0.3, 0.4) is 0 Å². The van der Waals surface area contributed by atoms with E-state index < -0.39 is 0 Å². The van der Waals surface area contributed by atoms with E-state index in [4.69, 9.17) is 10.3 Å². The molecule has 2 unspecified atom stereocenters. The Morgan fingerprint density at radius 1 is 1.27 bits per heavy atom. The predicted molar refractivity (Wildman–Crippen MR) is 88.4 cm³/mol. The van der Waals surface area contributed by atoms with E-state index in [0.29, 0.717) is 18.1 Å². The van der Waals surface area contributed by atoms with Gasteiger partial charge < -0.3 is 15.2 Å². The second-order valence-corrected chi connectivity index (χ2v) is 5.45. The van der Waals surface area contributed by atoms with Crippen LogP contribution in [0.4, 0.5) is 0 Å². The van der Waals surface area contributed by atoms with Crippen LogP contribution in [0.1, 0.15) is 38.0 Å². The molecule has 1 aliphatic heterocycles. The molecule has 1 fully saturated rings. The third-order valence-corrected chi connectivity index (χ3v) is 3.61. The molecule has 1 saturated heterocycles. The van der Waals surface area contributed by atoms with Gasteiger partial charge in [0.15, 0.2) is 5.82 Å². The molecule has 2 heterocycles. The van der Waals surface area contributed by atoms with Crippen LogP contribution < -0.4 is 5.73 Å². The second-order valence-electron chi connectivity index (χ2n) is 5.45. The first kappa shape index (κ1) is 21.1. The molecule has 2 N–H and O–H groups in total. The zero-order valence-corrected chi connectivity index (χ0v) is 14.8. The van der Waals surface area contributed by atoms with Crippen LogP contribution in [0, 0.1) is 6.92 Å². The molecule has 1 aliphatic rings. The highest BCUT2D eigenvalue weighted by Gasteiger charge is 2.27. The van der Waals surface area contributed by atoms with Crippen molar-refractivity contribution >= 4 is 30.7 Å². The molecule has 7 nitrogen and oxygen atoms in total. The molecule has 1 aromatic heterocycles. The first-order valence-electron chi connectivity index (χ1n) is 7.05. The Kier molecular flexibility index (Phi) is 8.92. The van der Waals surface area contributed by atoms with Crippen molar-refractivity contribution in [3.8, 4) is 0 Å². The maximum atomic E-state index is 11.9. The average Bonchev–Trinajstić information content (AvgIpc) is 2.84. The lowest BCUT2D eigenvalue weighted by Crippen LogP contribution is -2.50. The minimum absolute atomic E-state index is 0. The lowest BCUT2D eigenvalue weighted by atomic mass is 10.2. The number of carbonyl (C=O) groups is 1. The zero-order chi connectivity index (χ0) is 14.7. The fraction of sp³-hybridized carbons (Fsp3) is 0.769. The first-order valence-corrected chi connectivity index (χ1v) is 7.05. The van der Waals surface area contributed by atoms with E-state index in [2.05, 4.69) is 15.0 Å². The Balaban J connectivity index is 0.00000220. The van der Waals surface area contributed by atoms with Gasteiger partial charge in [0.1, 0.15) is 0 Å². The van der Waals surface area contributed by atoms with Crippen LogP contribution in [-0.4, -0.2) is 58.1 Å². The molecule has 128 valence electrons. The lowest BCUT2D eigenvalue weighted by molar-refractivity contribution is -0.133. The van der Waals surface area contributed by atoms with Gasteiger partial charge in [-0.3, -0.25) is 9.69 Å². The van der Waals surface area contributed by atoms with Crippen LogP contribution in [-0.2, 0) is 4.79 Å². The summed E-state index contributed by atoms with van der Waals surface area (Å²) in [5.41, 5.74) is 5.67. The first-order chi connectivity index (χ1) is 9.47. The average molecular weight is 354 g/mol. The largest absolute Gasteiger partial charge is 0.340 e.